The third kappa shape index (κ3) is 3.84. The second kappa shape index (κ2) is 8.18. The van der Waals surface area contributed by atoms with Crippen molar-refractivity contribution in [1.29, 1.82) is 0 Å². The van der Waals surface area contributed by atoms with Gasteiger partial charge >= 0.3 is 0 Å². The Bertz CT molecular complexity index is 1210. The summed E-state index contributed by atoms with van der Waals surface area (Å²) < 4.78 is 0. The third-order valence-corrected chi connectivity index (χ3v) is 6.49. The van der Waals surface area contributed by atoms with Gasteiger partial charge in [-0.2, -0.15) is 0 Å². The summed E-state index contributed by atoms with van der Waals surface area (Å²) in [6.07, 6.45) is 1.82. The van der Waals surface area contributed by atoms with Crippen molar-refractivity contribution in [1.82, 2.24) is 19.9 Å². The van der Waals surface area contributed by atoms with Crippen LogP contribution in [-0.2, 0) is 6.54 Å². The summed E-state index contributed by atoms with van der Waals surface area (Å²) in [5.41, 5.74) is 1.78. The number of halogens is 1. The fourth-order valence-electron chi connectivity index (χ4n) is 3.80. The third-order valence-electron chi connectivity index (χ3n) is 5.37. The molecule has 0 saturated carbocycles. The number of H-pyrrole nitrogens is 1. The number of aromatic nitrogens is 3. The monoisotopic (exact) mass is 437 g/mol. The molecule has 0 spiro atoms. The van der Waals surface area contributed by atoms with Gasteiger partial charge in [0.1, 0.15) is 16.5 Å². The predicted octanol–water partition coefficient (Wildman–Crippen LogP) is 4.02. The summed E-state index contributed by atoms with van der Waals surface area (Å²) in [5.74, 6) is 1.72. The van der Waals surface area contributed by atoms with E-state index in [0.717, 1.165) is 48.0 Å². The van der Waals surface area contributed by atoms with Gasteiger partial charge in [-0.1, -0.05) is 29.8 Å². The van der Waals surface area contributed by atoms with E-state index in [1.165, 1.54) is 11.3 Å². The quantitative estimate of drug-likeness (QED) is 0.522. The smallest absolute Gasteiger partial charge is 0.260 e. The second-order valence-electron chi connectivity index (χ2n) is 7.30. The van der Waals surface area contributed by atoms with Crippen molar-refractivity contribution in [3.05, 3.63) is 75.2 Å². The molecular weight excluding hydrogens is 418 g/mol. The largest absolute Gasteiger partial charge is 0.354 e. The lowest BCUT2D eigenvalue weighted by Crippen LogP contribution is -2.46. The van der Waals surface area contributed by atoms with Gasteiger partial charge in [0.2, 0.25) is 0 Å². The molecule has 30 heavy (non-hydrogen) atoms. The first-order chi connectivity index (χ1) is 14.7. The van der Waals surface area contributed by atoms with E-state index < -0.39 is 0 Å². The van der Waals surface area contributed by atoms with Crippen molar-refractivity contribution < 1.29 is 0 Å². The van der Waals surface area contributed by atoms with Gasteiger partial charge in [-0.3, -0.25) is 9.69 Å². The lowest BCUT2D eigenvalue weighted by Gasteiger charge is -2.35. The molecule has 1 N–H and O–H groups in total. The van der Waals surface area contributed by atoms with Crippen molar-refractivity contribution in [2.45, 2.75) is 6.54 Å². The first kappa shape index (κ1) is 19.2. The zero-order valence-corrected chi connectivity index (χ0v) is 17.8. The molecule has 8 heteroatoms. The molecule has 0 unspecified atom stereocenters. The SMILES string of the molecule is O=c1[nH]c(CN2CCN(c3ccccn3)CC2)nc2scc(-c3ccc(Cl)cc3)c12. The molecule has 0 aliphatic carbocycles. The van der Waals surface area contributed by atoms with Crippen LogP contribution in [0.4, 0.5) is 5.82 Å². The molecule has 1 aliphatic heterocycles. The van der Waals surface area contributed by atoms with E-state index in [4.69, 9.17) is 16.6 Å². The highest BCUT2D eigenvalue weighted by molar-refractivity contribution is 7.17. The Balaban J connectivity index is 1.33. The molecule has 0 amide bonds. The number of anilines is 1. The Morgan fingerprint density at radius 1 is 1.07 bits per heavy atom. The standard InChI is InChI=1S/C22H20ClN5OS/c23-16-6-4-15(5-7-16)17-14-30-22-20(17)21(29)25-18(26-22)13-27-9-11-28(12-10-27)19-3-1-2-8-24-19/h1-8,14H,9-13H2,(H,25,26,29). The summed E-state index contributed by atoms with van der Waals surface area (Å²) >= 11 is 7.49. The van der Waals surface area contributed by atoms with E-state index in [-0.39, 0.29) is 5.56 Å². The van der Waals surface area contributed by atoms with Crippen LogP contribution in [0.25, 0.3) is 21.3 Å². The molecule has 152 valence electrons. The zero-order chi connectivity index (χ0) is 20.5. The Morgan fingerprint density at radius 3 is 2.60 bits per heavy atom. The average molecular weight is 438 g/mol. The number of nitrogens with one attached hydrogen (secondary N) is 1. The van der Waals surface area contributed by atoms with Gasteiger partial charge in [-0.25, -0.2) is 9.97 Å². The van der Waals surface area contributed by atoms with Crippen LogP contribution >= 0.6 is 22.9 Å². The van der Waals surface area contributed by atoms with E-state index >= 15 is 0 Å². The summed E-state index contributed by atoms with van der Waals surface area (Å²) in [5, 5.41) is 3.31. The van der Waals surface area contributed by atoms with Gasteiger partial charge in [0.05, 0.1) is 11.9 Å². The Hall–Kier alpha value is -2.74. The van der Waals surface area contributed by atoms with Crippen molar-refractivity contribution in [2.75, 3.05) is 31.1 Å². The lowest BCUT2D eigenvalue weighted by molar-refractivity contribution is 0.243. The molecule has 1 fully saturated rings. The minimum atomic E-state index is -0.0895. The van der Waals surface area contributed by atoms with E-state index in [2.05, 4.69) is 19.8 Å². The number of nitrogens with zero attached hydrogens (tertiary/aromatic N) is 4. The van der Waals surface area contributed by atoms with Crippen molar-refractivity contribution in [2.24, 2.45) is 0 Å². The minimum absolute atomic E-state index is 0.0895. The summed E-state index contributed by atoms with van der Waals surface area (Å²) in [4.78, 5) is 30.4. The molecule has 0 radical (unpaired) electrons. The lowest BCUT2D eigenvalue weighted by atomic mass is 10.1. The van der Waals surface area contributed by atoms with E-state index in [1.807, 2.05) is 54.0 Å². The molecule has 1 aromatic carbocycles. The molecule has 3 aromatic heterocycles. The number of piperazine rings is 1. The predicted molar refractivity (Wildman–Crippen MR) is 122 cm³/mol. The molecule has 5 rings (SSSR count). The van der Waals surface area contributed by atoms with Crippen molar-refractivity contribution in [3.8, 4) is 11.1 Å². The van der Waals surface area contributed by atoms with Crippen LogP contribution < -0.4 is 10.5 Å². The molecule has 4 heterocycles. The Kier molecular flexibility index (Phi) is 5.25. The highest BCUT2D eigenvalue weighted by Gasteiger charge is 2.20. The van der Waals surface area contributed by atoms with E-state index in [9.17, 15) is 4.79 Å². The number of thiophene rings is 1. The van der Waals surface area contributed by atoms with Gasteiger partial charge in [0.15, 0.2) is 0 Å². The van der Waals surface area contributed by atoms with E-state index in [0.29, 0.717) is 22.8 Å². The molecule has 4 aromatic rings. The van der Waals surface area contributed by atoms with Gasteiger partial charge in [0, 0.05) is 48.3 Å². The Morgan fingerprint density at radius 2 is 1.87 bits per heavy atom. The summed E-state index contributed by atoms with van der Waals surface area (Å²) in [6.45, 7) is 4.25. The van der Waals surface area contributed by atoms with Gasteiger partial charge in [-0.05, 0) is 29.8 Å². The molecule has 0 bridgehead atoms. The topological polar surface area (TPSA) is 65.1 Å². The van der Waals surface area contributed by atoms with Crippen LogP contribution in [0, 0.1) is 0 Å². The molecule has 1 aliphatic rings. The van der Waals surface area contributed by atoms with Gasteiger partial charge in [-0.15, -0.1) is 11.3 Å². The maximum atomic E-state index is 12.9. The number of aromatic amines is 1. The average Bonchev–Trinajstić information content (AvgIpc) is 3.20. The van der Waals surface area contributed by atoms with Crippen LogP contribution in [0.1, 0.15) is 5.82 Å². The fourth-order valence-corrected chi connectivity index (χ4v) is 4.89. The number of hydrogen-bond acceptors (Lipinski definition) is 6. The van der Waals surface area contributed by atoms with Crippen LogP contribution in [0.2, 0.25) is 5.02 Å². The number of hydrogen-bond donors (Lipinski definition) is 1. The van der Waals surface area contributed by atoms with Gasteiger partial charge in [0.25, 0.3) is 5.56 Å². The maximum absolute atomic E-state index is 12.9. The van der Waals surface area contributed by atoms with E-state index in [1.54, 1.807) is 0 Å². The fraction of sp³-hybridized carbons (Fsp3) is 0.227. The summed E-state index contributed by atoms with van der Waals surface area (Å²) in [6, 6.07) is 13.5. The van der Waals surface area contributed by atoms with Crippen molar-refractivity contribution in [3.63, 3.8) is 0 Å². The zero-order valence-electron chi connectivity index (χ0n) is 16.2. The minimum Gasteiger partial charge on any atom is -0.354 e. The normalized spacial score (nSPS) is 15.0. The first-order valence-electron chi connectivity index (χ1n) is 9.82. The maximum Gasteiger partial charge on any atom is 0.260 e. The van der Waals surface area contributed by atoms with Crippen LogP contribution in [0.15, 0.2) is 58.8 Å². The molecule has 0 atom stereocenters. The number of benzene rings is 1. The summed E-state index contributed by atoms with van der Waals surface area (Å²) in [7, 11) is 0. The van der Waals surface area contributed by atoms with Crippen LogP contribution in [0.3, 0.4) is 0 Å². The number of fused-ring (bicyclic) bond motifs is 1. The molecular formula is C22H20ClN5OS. The highest BCUT2D eigenvalue weighted by atomic mass is 35.5. The van der Waals surface area contributed by atoms with Crippen LogP contribution in [0.5, 0.6) is 0 Å². The number of pyridine rings is 1. The molecule has 6 nitrogen and oxygen atoms in total. The van der Waals surface area contributed by atoms with Gasteiger partial charge < -0.3 is 9.88 Å². The highest BCUT2D eigenvalue weighted by Crippen LogP contribution is 2.31. The second-order valence-corrected chi connectivity index (χ2v) is 8.59. The first-order valence-corrected chi connectivity index (χ1v) is 11.1. The number of rotatable bonds is 4. The van der Waals surface area contributed by atoms with Crippen LogP contribution in [-0.4, -0.2) is 46.0 Å². The van der Waals surface area contributed by atoms with Crippen molar-refractivity contribution >= 4 is 39.0 Å². The Labute approximate surface area is 182 Å². The molecule has 1 saturated heterocycles.